The molecule has 0 aliphatic carbocycles. The maximum atomic E-state index is 3.59. The molecule has 0 bridgehead atoms. The topological polar surface area (TPSA) is 3.88 Å². The van der Waals surface area contributed by atoms with E-state index in [1.165, 1.54) is 16.5 Å². The predicted molar refractivity (Wildman–Crippen MR) is 97.2 cm³/mol. The molecule has 2 heteroatoms. The van der Waals surface area contributed by atoms with Crippen molar-refractivity contribution in [2.24, 2.45) is 7.05 Å². The summed E-state index contributed by atoms with van der Waals surface area (Å²) in [5.74, 6) is 0. The van der Waals surface area contributed by atoms with Gasteiger partial charge < -0.3 is 0 Å². The number of rotatable bonds is 2. The van der Waals surface area contributed by atoms with Crippen LogP contribution in [0.25, 0.3) is 33.2 Å². The van der Waals surface area contributed by atoms with Crippen molar-refractivity contribution >= 4 is 10.8 Å². The van der Waals surface area contributed by atoms with Crippen molar-refractivity contribution in [3.8, 4) is 22.4 Å². The van der Waals surface area contributed by atoms with Crippen LogP contribution in [0.4, 0.5) is 0 Å². The standard InChI is InChI=1S/C23H17N.W/c1-17-12-13-19-10-6-7-11-21(19)23(17)22-16-20(14-15-24(22)2)18-8-4-3-5-9-18;/h3-8,10,12-15H,1-2H3;/q-2;. The van der Waals surface area contributed by atoms with E-state index in [0.29, 0.717) is 0 Å². The summed E-state index contributed by atoms with van der Waals surface area (Å²) < 4.78 is 2.12. The second-order valence-electron chi connectivity index (χ2n) is 5.98. The van der Waals surface area contributed by atoms with Gasteiger partial charge in [-0.25, -0.2) is 15.7 Å². The Bertz CT molecular complexity index is 1020. The van der Waals surface area contributed by atoms with Crippen LogP contribution in [0.1, 0.15) is 5.56 Å². The Hall–Kier alpha value is -2.24. The smallest absolute Gasteiger partial charge is 0.136 e. The van der Waals surface area contributed by atoms with Crippen molar-refractivity contribution in [2.75, 3.05) is 0 Å². The predicted octanol–water partition coefficient (Wildman–Crippen LogP) is 4.70. The van der Waals surface area contributed by atoms with Gasteiger partial charge in [-0.3, -0.25) is 0 Å². The minimum Gasteiger partial charge on any atom is -0.227 e. The van der Waals surface area contributed by atoms with Gasteiger partial charge in [-0.15, -0.1) is 53.2 Å². The van der Waals surface area contributed by atoms with Crippen molar-refractivity contribution in [3.63, 3.8) is 0 Å². The summed E-state index contributed by atoms with van der Waals surface area (Å²) in [6, 6.07) is 30.8. The molecule has 1 nitrogen and oxygen atoms in total. The quantitative estimate of drug-likeness (QED) is 0.283. The normalized spacial score (nSPS) is 10.5. The minimum absolute atomic E-state index is 0. The molecule has 0 unspecified atom stereocenters. The largest absolute Gasteiger partial charge is 0.227 e. The third kappa shape index (κ3) is 3.30. The van der Waals surface area contributed by atoms with Crippen molar-refractivity contribution in [1.29, 1.82) is 0 Å². The maximum Gasteiger partial charge on any atom is 0.136 e. The molecule has 0 aliphatic rings. The molecule has 3 aromatic carbocycles. The van der Waals surface area contributed by atoms with E-state index in [2.05, 4.69) is 73.3 Å². The van der Waals surface area contributed by atoms with E-state index in [-0.39, 0.29) is 21.1 Å². The average molecular weight is 491 g/mol. The number of benzene rings is 3. The van der Waals surface area contributed by atoms with Gasteiger partial charge >= 0.3 is 0 Å². The number of pyridine rings is 1. The van der Waals surface area contributed by atoms with E-state index < -0.39 is 0 Å². The van der Waals surface area contributed by atoms with Crippen LogP contribution in [0.3, 0.4) is 0 Å². The Morgan fingerprint density at radius 1 is 0.840 bits per heavy atom. The fourth-order valence-electron chi connectivity index (χ4n) is 3.08. The van der Waals surface area contributed by atoms with Gasteiger partial charge in [0.05, 0.1) is 0 Å². The molecular weight excluding hydrogens is 474 g/mol. The van der Waals surface area contributed by atoms with E-state index in [0.717, 1.165) is 22.2 Å². The number of nitrogens with zero attached hydrogens (tertiary/aromatic N) is 1. The van der Waals surface area contributed by atoms with Gasteiger partial charge in [-0.2, -0.15) is 24.3 Å². The molecule has 0 amide bonds. The molecule has 4 rings (SSSR count). The summed E-state index contributed by atoms with van der Waals surface area (Å²) >= 11 is 0. The fraction of sp³-hybridized carbons (Fsp3) is 0.0870. The molecule has 0 aliphatic heterocycles. The SMILES string of the molecule is Cc1ccc2ccc[c-]c2c1-c1[c-]c(-c2[c-]cccc2)cc[n+]1C.[W]. The van der Waals surface area contributed by atoms with Gasteiger partial charge in [0.15, 0.2) is 0 Å². The van der Waals surface area contributed by atoms with Crippen LogP contribution in [0.15, 0.2) is 66.9 Å². The molecule has 25 heavy (non-hydrogen) atoms. The zero-order chi connectivity index (χ0) is 16.5. The Kier molecular flexibility index (Phi) is 5.16. The summed E-state index contributed by atoms with van der Waals surface area (Å²) in [4.78, 5) is 0. The average Bonchev–Trinajstić information content (AvgIpc) is 2.63. The maximum absolute atomic E-state index is 3.59. The number of aromatic nitrogens is 1. The second kappa shape index (κ2) is 7.33. The van der Waals surface area contributed by atoms with E-state index in [1.807, 2.05) is 30.3 Å². The van der Waals surface area contributed by atoms with Gasteiger partial charge in [-0.05, 0) is 12.5 Å². The molecule has 122 valence electrons. The Morgan fingerprint density at radius 3 is 2.48 bits per heavy atom. The Labute approximate surface area is 163 Å². The molecule has 0 spiro atoms. The molecule has 0 saturated heterocycles. The summed E-state index contributed by atoms with van der Waals surface area (Å²) in [6.07, 6.45) is 2.09. The van der Waals surface area contributed by atoms with Crippen LogP contribution in [-0.2, 0) is 28.1 Å². The first-order chi connectivity index (χ1) is 11.7. The van der Waals surface area contributed by atoms with Gasteiger partial charge in [0.1, 0.15) is 18.9 Å². The third-order valence-electron chi connectivity index (χ3n) is 4.35. The van der Waals surface area contributed by atoms with Crippen LogP contribution in [0, 0.1) is 25.1 Å². The van der Waals surface area contributed by atoms with Gasteiger partial charge in [0, 0.05) is 21.1 Å². The van der Waals surface area contributed by atoms with Crippen LogP contribution in [-0.4, -0.2) is 0 Å². The Balaban J connectivity index is 0.00000182. The van der Waals surface area contributed by atoms with Crippen LogP contribution in [0.5, 0.6) is 0 Å². The monoisotopic (exact) mass is 491 g/mol. The van der Waals surface area contributed by atoms with Crippen LogP contribution >= 0.6 is 0 Å². The van der Waals surface area contributed by atoms with Crippen LogP contribution in [0.2, 0.25) is 0 Å². The minimum atomic E-state index is 0. The molecule has 0 radical (unpaired) electrons. The molecule has 0 atom stereocenters. The van der Waals surface area contributed by atoms with Gasteiger partial charge in [0.25, 0.3) is 0 Å². The number of hydrogen-bond donors (Lipinski definition) is 0. The van der Waals surface area contributed by atoms with Crippen molar-refractivity contribution in [2.45, 2.75) is 6.92 Å². The molecule has 0 saturated carbocycles. The van der Waals surface area contributed by atoms with E-state index in [4.69, 9.17) is 0 Å². The molecule has 4 aromatic rings. The van der Waals surface area contributed by atoms with Gasteiger partial charge in [0.2, 0.25) is 0 Å². The molecule has 1 aromatic heterocycles. The van der Waals surface area contributed by atoms with E-state index in [1.54, 1.807) is 0 Å². The zero-order valence-corrected chi connectivity index (χ0v) is 17.1. The first kappa shape index (κ1) is 17.6. The Morgan fingerprint density at radius 2 is 1.68 bits per heavy atom. The van der Waals surface area contributed by atoms with Crippen molar-refractivity contribution in [3.05, 3.63) is 90.6 Å². The van der Waals surface area contributed by atoms with E-state index in [9.17, 15) is 0 Å². The van der Waals surface area contributed by atoms with Gasteiger partial charge in [-0.1, -0.05) is 17.7 Å². The number of aryl methyl sites for hydroxylation is 2. The number of fused-ring (bicyclic) bond motifs is 1. The second-order valence-corrected chi connectivity index (χ2v) is 5.98. The first-order valence-electron chi connectivity index (χ1n) is 8.03. The zero-order valence-electron chi connectivity index (χ0n) is 14.2. The van der Waals surface area contributed by atoms with E-state index >= 15 is 0 Å². The molecule has 0 N–H and O–H groups in total. The summed E-state index contributed by atoms with van der Waals surface area (Å²) in [5, 5.41) is 2.33. The third-order valence-corrected chi connectivity index (χ3v) is 4.35. The van der Waals surface area contributed by atoms with Crippen molar-refractivity contribution < 1.29 is 25.6 Å². The fourth-order valence-corrected chi connectivity index (χ4v) is 3.08. The summed E-state index contributed by atoms with van der Waals surface area (Å²) in [5.41, 5.74) is 5.59. The summed E-state index contributed by atoms with van der Waals surface area (Å²) in [6.45, 7) is 2.14. The molecule has 1 heterocycles. The molecular formula is C23H17NW-2. The number of hydrogen-bond acceptors (Lipinski definition) is 0. The first-order valence-corrected chi connectivity index (χ1v) is 8.03. The van der Waals surface area contributed by atoms with Crippen molar-refractivity contribution in [1.82, 2.24) is 0 Å². The summed E-state index contributed by atoms with van der Waals surface area (Å²) in [7, 11) is 2.06. The molecule has 0 fully saturated rings. The van der Waals surface area contributed by atoms with Crippen LogP contribution < -0.4 is 4.57 Å².